The molecule has 0 radical (unpaired) electrons. The van der Waals surface area contributed by atoms with E-state index in [2.05, 4.69) is 52.9 Å². The van der Waals surface area contributed by atoms with Gasteiger partial charge in [-0.3, -0.25) is 9.48 Å². The zero-order chi connectivity index (χ0) is 14.2. The van der Waals surface area contributed by atoms with Crippen LogP contribution < -0.4 is 0 Å². The molecule has 1 aromatic heterocycles. The Hall–Kier alpha value is -0.460. The summed E-state index contributed by atoms with van der Waals surface area (Å²) in [5, 5.41) is 4.23. The Kier molecular flexibility index (Phi) is 4.63. The molecule has 0 atom stereocenters. The molecule has 3 nitrogen and oxygen atoms in total. The van der Waals surface area contributed by atoms with Crippen molar-refractivity contribution in [3.63, 3.8) is 0 Å². The van der Waals surface area contributed by atoms with Gasteiger partial charge in [0.15, 0.2) is 0 Å². The van der Waals surface area contributed by atoms with Gasteiger partial charge >= 0.3 is 0 Å². The van der Waals surface area contributed by atoms with Crippen molar-refractivity contribution >= 4 is 53.6 Å². The van der Waals surface area contributed by atoms with Gasteiger partial charge in [-0.15, -0.1) is 0 Å². The third kappa shape index (κ3) is 3.17. The first-order valence-corrected chi connectivity index (χ1v) is 8.02. The van der Waals surface area contributed by atoms with Crippen LogP contribution >= 0.6 is 47.8 Å². The van der Waals surface area contributed by atoms with Crippen molar-refractivity contribution in [3.05, 3.63) is 49.1 Å². The molecule has 0 N–H and O–H groups in total. The van der Waals surface area contributed by atoms with Crippen LogP contribution in [0.1, 0.15) is 35.9 Å². The minimum absolute atomic E-state index is 0.0555. The van der Waals surface area contributed by atoms with E-state index in [0.29, 0.717) is 15.7 Å². The topological polar surface area (TPSA) is 34.9 Å². The Labute approximate surface area is 136 Å². The fourth-order valence-electron chi connectivity index (χ4n) is 1.77. The molecular weight excluding hydrogens is 440 g/mol. The van der Waals surface area contributed by atoms with E-state index < -0.39 is 0 Å². The second kappa shape index (κ2) is 5.89. The summed E-state index contributed by atoms with van der Waals surface area (Å²) < 4.78 is 4.15. The van der Waals surface area contributed by atoms with E-state index in [0.717, 1.165) is 8.95 Å². The monoisotopic (exact) mass is 448 g/mol. The van der Waals surface area contributed by atoms with Crippen LogP contribution in [0, 0.1) is 0 Å². The van der Waals surface area contributed by atoms with E-state index in [-0.39, 0.29) is 11.8 Å². The summed E-state index contributed by atoms with van der Waals surface area (Å²) in [5.41, 5.74) is 1.18. The number of carbonyl (C=O) groups excluding carboxylic acids is 1. The number of carbonyl (C=O) groups is 1. The number of hydrogen-bond acceptors (Lipinski definition) is 2. The molecule has 0 spiro atoms. The summed E-state index contributed by atoms with van der Waals surface area (Å²) >= 11 is 10.2. The van der Waals surface area contributed by atoms with E-state index in [1.54, 1.807) is 23.0 Å². The van der Waals surface area contributed by atoms with Crippen molar-refractivity contribution in [1.29, 1.82) is 0 Å². The first-order chi connectivity index (χ1) is 8.90. The van der Waals surface area contributed by atoms with Crippen molar-refractivity contribution in [2.24, 2.45) is 0 Å². The third-order valence-electron chi connectivity index (χ3n) is 2.58. The molecule has 6 heteroatoms. The molecule has 0 aliphatic rings. The Bertz CT molecular complexity index is 615. The van der Waals surface area contributed by atoms with Crippen molar-refractivity contribution in [1.82, 2.24) is 9.78 Å². The van der Waals surface area contributed by atoms with Crippen LogP contribution in [0.2, 0.25) is 0 Å². The summed E-state index contributed by atoms with van der Waals surface area (Å²) in [6.45, 7) is 3.99. The zero-order valence-electron chi connectivity index (χ0n) is 10.3. The molecule has 0 fully saturated rings. The molecule has 0 unspecified atom stereocenters. The fraction of sp³-hybridized carbons (Fsp3) is 0.231. The summed E-state index contributed by atoms with van der Waals surface area (Å²) in [6, 6.07) is 5.63. The smallest absolute Gasteiger partial charge is 0.212 e. The van der Waals surface area contributed by atoms with E-state index in [1.807, 2.05) is 19.9 Å². The average Bonchev–Trinajstić information content (AvgIpc) is 2.69. The number of nitrogens with zero attached hydrogens (tertiary/aromatic N) is 2. The fourth-order valence-corrected chi connectivity index (χ4v) is 3.51. The van der Waals surface area contributed by atoms with Gasteiger partial charge in [-0.1, -0.05) is 31.9 Å². The minimum atomic E-state index is -0.0555. The minimum Gasteiger partial charge on any atom is -0.287 e. The van der Waals surface area contributed by atoms with E-state index in [1.165, 1.54) is 0 Å². The number of halogens is 3. The highest BCUT2D eigenvalue weighted by Crippen LogP contribution is 2.26. The van der Waals surface area contributed by atoms with Crippen LogP contribution in [-0.4, -0.2) is 15.6 Å². The lowest BCUT2D eigenvalue weighted by Crippen LogP contribution is -2.14. The highest BCUT2D eigenvalue weighted by atomic mass is 79.9. The van der Waals surface area contributed by atoms with Gasteiger partial charge in [-0.25, -0.2) is 0 Å². The van der Waals surface area contributed by atoms with E-state index in [4.69, 9.17) is 0 Å². The van der Waals surface area contributed by atoms with E-state index in [9.17, 15) is 4.79 Å². The predicted molar refractivity (Wildman–Crippen MR) is 85.6 cm³/mol. The molecule has 0 amide bonds. The summed E-state index contributed by atoms with van der Waals surface area (Å²) in [6.07, 6.45) is 1.65. The van der Waals surface area contributed by atoms with Crippen LogP contribution in [0.4, 0.5) is 0 Å². The maximum Gasteiger partial charge on any atom is 0.212 e. The Morgan fingerprint density at radius 1 is 1.16 bits per heavy atom. The van der Waals surface area contributed by atoms with Gasteiger partial charge in [0.1, 0.15) is 5.69 Å². The van der Waals surface area contributed by atoms with Gasteiger partial charge in [-0.2, -0.15) is 5.10 Å². The van der Waals surface area contributed by atoms with Gasteiger partial charge in [0.2, 0.25) is 5.78 Å². The van der Waals surface area contributed by atoms with Gasteiger partial charge in [-0.05, 0) is 48.0 Å². The van der Waals surface area contributed by atoms with Gasteiger partial charge < -0.3 is 0 Å². The molecule has 100 valence electrons. The van der Waals surface area contributed by atoms with Crippen LogP contribution in [0.3, 0.4) is 0 Å². The normalized spacial score (nSPS) is 11.1. The Morgan fingerprint density at radius 2 is 1.74 bits per heavy atom. The van der Waals surface area contributed by atoms with Crippen LogP contribution in [0.15, 0.2) is 37.8 Å². The second-order valence-corrected chi connectivity index (χ2v) is 7.05. The summed E-state index contributed by atoms with van der Waals surface area (Å²) in [7, 11) is 0. The highest BCUT2D eigenvalue weighted by Gasteiger charge is 2.20. The number of aromatic nitrogens is 2. The third-order valence-corrected chi connectivity index (χ3v) is 4.08. The van der Waals surface area contributed by atoms with Crippen molar-refractivity contribution in [2.75, 3.05) is 0 Å². The molecule has 0 bridgehead atoms. The molecule has 0 aliphatic heterocycles. The maximum absolute atomic E-state index is 12.6. The molecule has 0 aliphatic carbocycles. The summed E-state index contributed by atoms with van der Waals surface area (Å²) in [4.78, 5) is 12.6. The Morgan fingerprint density at radius 3 is 2.26 bits per heavy atom. The van der Waals surface area contributed by atoms with Gasteiger partial charge in [0, 0.05) is 20.6 Å². The Balaban J connectivity index is 2.53. The number of benzene rings is 1. The van der Waals surface area contributed by atoms with Gasteiger partial charge in [0.25, 0.3) is 0 Å². The van der Waals surface area contributed by atoms with Crippen LogP contribution in [0.25, 0.3) is 0 Å². The first kappa shape index (κ1) is 14.9. The number of hydrogen-bond donors (Lipinski definition) is 0. The second-order valence-electron chi connectivity index (χ2n) is 4.37. The quantitative estimate of drug-likeness (QED) is 0.618. The molecule has 0 saturated carbocycles. The molecule has 2 aromatic rings. The molecule has 0 saturated heterocycles. The van der Waals surface area contributed by atoms with Crippen molar-refractivity contribution in [2.45, 2.75) is 19.9 Å². The van der Waals surface area contributed by atoms with Crippen molar-refractivity contribution < 1.29 is 4.79 Å². The molecular formula is C13H11Br3N2O. The molecule has 1 heterocycles. The molecule has 19 heavy (non-hydrogen) atoms. The van der Waals surface area contributed by atoms with Crippen LogP contribution in [0.5, 0.6) is 0 Å². The average molecular weight is 451 g/mol. The molecule has 2 rings (SSSR count). The number of rotatable bonds is 3. The van der Waals surface area contributed by atoms with E-state index >= 15 is 0 Å². The first-order valence-electron chi connectivity index (χ1n) is 5.64. The highest BCUT2D eigenvalue weighted by molar-refractivity contribution is 9.11. The maximum atomic E-state index is 12.6. The number of ketones is 1. The lowest BCUT2D eigenvalue weighted by Gasteiger charge is -2.11. The van der Waals surface area contributed by atoms with Gasteiger partial charge in [0.05, 0.1) is 10.7 Å². The zero-order valence-corrected chi connectivity index (χ0v) is 15.1. The SMILES string of the molecule is CC(C)n1ncc(Br)c1C(=O)c1cc(Br)cc(Br)c1. The van der Waals surface area contributed by atoms with Crippen molar-refractivity contribution in [3.8, 4) is 0 Å². The largest absolute Gasteiger partial charge is 0.287 e. The summed E-state index contributed by atoms with van der Waals surface area (Å²) in [5.74, 6) is -0.0555. The standard InChI is InChI=1S/C13H11Br3N2O/c1-7(2)18-12(11(16)6-17-18)13(19)8-3-9(14)5-10(15)4-8/h3-7H,1-2H3. The molecule has 1 aromatic carbocycles. The predicted octanol–water partition coefficient (Wildman–Crippen LogP) is 4.98. The lowest BCUT2D eigenvalue weighted by molar-refractivity contribution is 0.102. The lowest BCUT2D eigenvalue weighted by atomic mass is 10.1. The van der Waals surface area contributed by atoms with Crippen LogP contribution in [-0.2, 0) is 0 Å².